The van der Waals surface area contributed by atoms with Crippen LogP contribution in [0.5, 0.6) is 0 Å². The first kappa shape index (κ1) is 18.9. The van der Waals surface area contributed by atoms with Crippen LogP contribution in [0.2, 0.25) is 0 Å². The Labute approximate surface area is 169 Å². The van der Waals surface area contributed by atoms with E-state index in [2.05, 4.69) is 32.7 Å². The van der Waals surface area contributed by atoms with Crippen molar-refractivity contribution in [2.45, 2.75) is 32.2 Å². The summed E-state index contributed by atoms with van der Waals surface area (Å²) in [6, 6.07) is 14.3. The maximum Gasteiger partial charge on any atom is 0.226 e. The summed E-state index contributed by atoms with van der Waals surface area (Å²) in [7, 11) is 0. The molecule has 5 nitrogen and oxygen atoms in total. The van der Waals surface area contributed by atoms with Gasteiger partial charge in [0.2, 0.25) is 11.8 Å². The van der Waals surface area contributed by atoms with E-state index in [-0.39, 0.29) is 18.4 Å². The van der Waals surface area contributed by atoms with E-state index in [0.717, 1.165) is 18.7 Å². The molecule has 0 spiro atoms. The van der Waals surface area contributed by atoms with Crippen LogP contribution in [0.15, 0.2) is 52.3 Å². The van der Waals surface area contributed by atoms with E-state index in [9.17, 15) is 4.79 Å². The number of nitrogens with one attached hydrogen (secondary N) is 1. The zero-order chi connectivity index (χ0) is 19.3. The maximum absolute atomic E-state index is 12.6. The Morgan fingerprint density at radius 1 is 1.21 bits per heavy atom. The van der Waals surface area contributed by atoms with Crippen LogP contribution in [-0.4, -0.2) is 35.4 Å². The van der Waals surface area contributed by atoms with E-state index < -0.39 is 0 Å². The minimum absolute atomic E-state index is 0.0169. The van der Waals surface area contributed by atoms with Gasteiger partial charge in [-0.15, -0.1) is 11.3 Å². The zero-order valence-electron chi connectivity index (χ0n) is 16.1. The van der Waals surface area contributed by atoms with Crippen molar-refractivity contribution < 1.29 is 9.21 Å². The average molecular weight is 396 g/mol. The molecule has 1 atom stereocenters. The molecule has 1 aliphatic heterocycles. The van der Waals surface area contributed by atoms with Crippen LogP contribution in [0.25, 0.3) is 11.5 Å². The predicted octanol–water partition coefficient (Wildman–Crippen LogP) is 4.21. The SMILES string of the molecule is Cc1oc(-c2ccccc2)nc1CC(=O)NCC(c1cccs1)N1CCCC1. The molecule has 146 valence electrons. The van der Waals surface area contributed by atoms with Gasteiger partial charge >= 0.3 is 0 Å². The lowest BCUT2D eigenvalue weighted by Gasteiger charge is -2.26. The van der Waals surface area contributed by atoms with Gasteiger partial charge in [0.1, 0.15) is 5.76 Å². The van der Waals surface area contributed by atoms with Crippen LogP contribution < -0.4 is 5.32 Å². The van der Waals surface area contributed by atoms with Crippen LogP contribution in [0.4, 0.5) is 0 Å². The van der Waals surface area contributed by atoms with Gasteiger partial charge in [0.15, 0.2) is 0 Å². The van der Waals surface area contributed by atoms with Crippen LogP contribution in [0.1, 0.15) is 35.2 Å². The third-order valence-corrected chi connectivity index (χ3v) is 6.16. The monoisotopic (exact) mass is 395 g/mol. The van der Waals surface area contributed by atoms with E-state index in [1.807, 2.05) is 37.3 Å². The van der Waals surface area contributed by atoms with Gasteiger partial charge in [0.05, 0.1) is 18.2 Å². The number of hydrogen-bond acceptors (Lipinski definition) is 5. The van der Waals surface area contributed by atoms with Gasteiger partial charge in [0.25, 0.3) is 0 Å². The van der Waals surface area contributed by atoms with Gasteiger partial charge in [0, 0.05) is 17.0 Å². The molecule has 1 aromatic carbocycles. The lowest BCUT2D eigenvalue weighted by Crippen LogP contribution is -2.37. The van der Waals surface area contributed by atoms with Crippen LogP contribution in [0.3, 0.4) is 0 Å². The molecule has 28 heavy (non-hydrogen) atoms. The van der Waals surface area contributed by atoms with Gasteiger partial charge in [-0.25, -0.2) is 4.98 Å². The Bertz CT molecular complexity index is 899. The van der Waals surface area contributed by atoms with E-state index in [0.29, 0.717) is 23.9 Å². The fourth-order valence-electron chi connectivity index (χ4n) is 3.67. The van der Waals surface area contributed by atoms with Gasteiger partial charge in [-0.05, 0) is 56.4 Å². The quantitative estimate of drug-likeness (QED) is 0.651. The standard InChI is InChI=1S/C22H25N3O2S/c1-16-18(24-22(27-16)17-8-3-2-4-9-17)14-21(26)23-15-19(20-10-7-13-28-20)25-11-5-6-12-25/h2-4,7-10,13,19H,5-6,11-12,14-15H2,1H3,(H,23,26). The van der Waals surface area contributed by atoms with Crippen molar-refractivity contribution in [3.63, 3.8) is 0 Å². The maximum atomic E-state index is 12.6. The molecule has 6 heteroatoms. The molecular weight excluding hydrogens is 370 g/mol. The third kappa shape index (κ3) is 4.34. The molecule has 3 heterocycles. The molecule has 0 radical (unpaired) electrons. The first-order valence-corrected chi connectivity index (χ1v) is 10.6. The topological polar surface area (TPSA) is 58.4 Å². The minimum Gasteiger partial charge on any atom is -0.441 e. The van der Waals surface area contributed by atoms with Crippen molar-refractivity contribution in [1.82, 2.24) is 15.2 Å². The van der Waals surface area contributed by atoms with Gasteiger partial charge in [-0.3, -0.25) is 9.69 Å². The third-order valence-electron chi connectivity index (χ3n) is 5.19. The second-order valence-corrected chi connectivity index (χ2v) is 8.12. The van der Waals surface area contributed by atoms with E-state index in [4.69, 9.17) is 4.42 Å². The molecule has 1 amide bonds. The number of carbonyl (C=O) groups excluding carboxylic acids is 1. The summed E-state index contributed by atoms with van der Waals surface area (Å²) in [6.45, 7) is 4.69. The number of aromatic nitrogens is 1. The van der Waals surface area contributed by atoms with Crippen LogP contribution >= 0.6 is 11.3 Å². The first-order valence-electron chi connectivity index (χ1n) is 9.76. The molecule has 1 saturated heterocycles. The van der Waals surface area contributed by atoms with Crippen molar-refractivity contribution in [2.24, 2.45) is 0 Å². The average Bonchev–Trinajstić information content (AvgIpc) is 3.47. The molecule has 0 aliphatic carbocycles. The molecule has 1 fully saturated rings. The number of likely N-dealkylation sites (tertiary alicyclic amines) is 1. The Morgan fingerprint density at radius 3 is 2.71 bits per heavy atom. The molecule has 0 bridgehead atoms. The van der Waals surface area contributed by atoms with E-state index >= 15 is 0 Å². The molecule has 1 aliphatic rings. The fourth-order valence-corrected chi connectivity index (χ4v) is 4.53. The smallest absolute Gasteiger partial charge is 0.226 e. The lowest BCUT2D eigenvalue weighted by atomic mass is 10.2. The van der Waals surface area contributed by atoms with Crippen molar-refractivity contribution in [3.05, 3.63) is 64.2 Å². The van der Waals surface area contributed by atoms with Crippen molar-refractivity contribution in [2.75, 3.05) is 19.6 Å². The summed E-state index contributed by atoms with van der Waals surface area (Å²) >= 11 is 1.76. The molecular formula is C22H25N3O2S. The number of oxazole rings is 1. The molecule has 3 aromatic rings. The van der Waals surface area contributed by atoms with E-state index in [1.165, 1.54) is 17.7 Å². The van der Waals surface area contributed by atoms with E-state index in [1.54, 1.807) is 11.3 Å². The van der Waals surface area contributed by atoms with Crippen LogP contribution in [0, 0.1) is 6.92 Å². The fraction of sp³-hybridized carbons (Fsp3) is 0.364. The number of aryl methyl sites for hydroxylation is 1. The largest absolute Gasteiger partial charge is 0.441 e. The molecule has 2 aromatic heterocycles. The second-order valence-electron chi connectivity index (χ2n) is 7.14. The Hall–Kier alpha value is -2.44. The summed E-state index contributed by atoms with van der Waals surface area (Å²) in [6.07, 6.45) is 2.70. The number of benzene rings is 1. The van der Waals surface area contributed by atoms with Gasteiger partial charge < -0.3 is 9.73 Å². The first-order chi connectivity index (χ1) is 13.7. The molecule has 1 N–H and O–H groups in total. The number of carbonyl (C=O) groups is 1. The zero-order valence-corrected chi connectivity index (χ0v) is 16.9. The summed E-state index contributed by atoms with van der Waals surface area (Å²) in [5.74, 6) is 1.24. The van der Waals surface area contributed by atoms with Crippen molar-refractivity contribution >= 4 is 17.2 Å². The summed E-state index contributed by atoms with van der Waals surface area (Å²) in [5.41, 5.74) is 1.62. The number of amides is 1. The number of rotatable bonds is 7. The Morgan fingerprint density at radius 2 is 2.00 bits per heavy atom. The normalized spacial score (nSPS) is 15.6. The lowest BCUT2D eigenvalue weighted by molar-refractivity contribution is -0.120. The number of hydrogen-bond donors (Lipinski definition) is 1. The highest BCUT2D eigenvalue weighted by atomic mass is 32.1. The summed E-state index contributed by atoms with van der Waals surface area (Å²) < 4.78 is 5.77. The second kappa shape index (κ2) is 8.71. The highest BCUT2D eigenvalue weighted by molar-refractivity contribution is 7.10. The van der Waals surface area contributed by atoms with Gasteiger partial charge in [-0.1, -0.05) is 24.3 Å². The summed E-state index contributed by atoms with van der Waals surface area (Å²) in [5, 5.41) is 5.22. The number of nitrogens with zero attached hydrogens (tertiary/aromatic N) is 2. The molecule has 0 saturated carbocycles. The molecule has 1 unspecified atom stereocenters. The van der Waals surface area contributed by atoms with Crippen LogP contribution in [-0.2, 0) is 11.2 Å². The number of thiophene rings is 1. The Kier molecular flexibility index (Phi) is 5.88. The predicted molar refractivity (Wildman–Crippen MR) is 111 cm³/mol. The van der Waals surface area contributed by atoms with Gasteiger partial charge in [-0.2, -0.15) is 0 Å². The summed E-state index contributed by atoms with van der Waals surface area (Å²) in [4.78, 5) is 20.9. The minimum atomic E-state index is -0.0169. The molecule has 4 rings (SSSR count). The van der Waals surface area contributed by atoms with Crippen molar-refractivity contribution in [1.29, 1.82) is 0 Å². The Balaban J connectivity index is 1.39. The van der Waals surface area contributed by atoms with Crippen molar-refractivity contribution in [3.8, 4) is 11.5 Å². The highest BCUT2D eigenvalue weighted by Gasteiger charge is 2.25. The highest BCUT2D eigenvalue weighted by Crippen LogP contribution is 2.28.